The van der Waals surface area contributed by atoms with E-state index in [1.165, 1.54) is 31.0 Å². The fourth-order valence-electron chi connectivity index (χ4n) is 2.93. The molecule has 2 aromatic rings. The topological polar surface area (TPSA) is 65.5 Å². The summed E-state index contributed by atoms with van der Waals surface area (Å²) in [6.45, 7) is 2.43. The second-order valence-electron chi connectivity index (χ2n) is 6.27. The molecule has 0 aliphatic carbocycles. The molecule has 1 fully saturated rings. The minimum absolute atomic E-state index is 0.108. The van der Waals surface area contributed by atoms with Crippen molar-refractivity contribution in [2.75, 3.05) is 18.0 Å². The summed E-state index contributed by atoms with van der Waals surface area (Å²) < 4.78 is 13.2. The van der Waals surface area contributed by atoms with E-state index in [1.54, 1.807) is 12.3 Å². The fourth-order valence-corrected chi connectivity index (χ4v) is 2.93. The van der Waals surface area contributed by atoms with Crippen LogP contribution in [0.2, 0.25) is 0 Å². The minimum atomic E-state index is -1.02. The van der Waals surface area contributed by atoms with Gasteiger partial charge in [0.05, 0.1) is 12.5 Å². The molecule has 0 bridgehead atoms. The van der Waals surface area contributed by atoms with Crippen LogP contribution in [0.5, 0.6) is 0 Å². The number of halogens is 1. The molecule has 6 heteroatoms. The first-order chi connectivity index (χ1) is 12.1. The molecule has 1 aliphatic heterocycles. The number of benzene rings is 1. The number of rotatable bonds is 6. The molecule has 3 rings (SSSR count). The van der Waals surface area contributed by atoms with Crippen molar-refractivity contribution < 1.29 is 14.3 Å². The number of amides is 1. The minimum Gasteiger partial charge on any atom is -0.388 e. The van der Waals surface area contributed by atoms with E-state index in [0.717, 1.165) is 24.5 Å². The zero-order valence-electron chi connectivity index (χ0n) is 14.0. The van der Waals surface area contributed by atoms with Gasteiger partial charge in [-0.15, -0.1) is 0 Å². The highest BCUT2D eigenvalue weighted by Crippen LogP contribution is 2.18. The zero-order chi connectivity index (χ0) is 17.6. The van der Waals surface area contributed by atoms with E-state index in [4.69, 9.17) is 0 Å². The lowest BCUT2D eigenvalue weighted by Crippen LogP contribution is -2.25. The van der Waals surface area contributed by atoms with Gasteiger partial charge in [-0.25, -0.2) is 9.37 Å². The summed E-state index contributed by atoms with van der Waals surface area (Å²) in [5, 5.41) is 12.8. The van der Waals surface area contributed by atoms with Crippen molar-refractivity contribution in [3.8, 4) is 0 Å². The van der Waals surface area contributed by atoms with E-state index in [1.807, 2.05) is 12.1 Å². The van der Waals surface area contributed by atoms with Crippen LogP contribution >= 0.6 is 0 Å². The SMILES string of the molecule is O=C(CC(O)c1cccc(F)c1)NCc1ccc(N2CCCC2)nc1. The van der Waals surface area contributed by atoms with Crippen LogP contribution in [0.1, 0.15) is 36.5 Å². The standard InChI is InChI=1S/C19H22FN3O2/c20-16-5-3-4-15(10-16)17(24)11-19(25)22-13-14-6-7-18(21-12-14)23-8-1-2-9-23/h3-7,10,12,17,24H,1-2,8-9,11,13H2,(H,22,25). The highest BCUT2D eigenvalue weighted by molar-refractivity contribution is 5.76. The van der Waals surface area contributed by atoms with Crippen LogP contribution in [-0.4, -0.2) is 29.1 Å². The van der Waals surface area contributed by atoms with Gasteiger partial charge in [0.2, 0.25) is 5.91 Å². The first-order valence-corrected chi connectivity index (χ1v) is 8.52. The number of carbonyl (C=O) groups excluding carboxylic acids is 1. The van der Waals surface area contributed by atoms with E-state index in [9.17, 15) is 14.3 Å². The number of hydrogen-bond acceptors (Lipinski definition) is 4. The fraction of sp³-hybridized carbons (Fsp3) is 0.368. The highest BCUT2D eigenvalue weighted by atomic mass is 19.1. The van der Waals surface area contributed by atoms with Gasteiger partial charge in [-0.2, -0.15) is 0 Å². The predicted molar refractivity (Wildman–Crippen MR) is 93.5 cm³/mol. The van der Waals surface area contributed by atoms with E-state index in [-0.39, 0.29) is 12.3 Å². The summed E-state index contributed by atoms with van der Waals surface area (Å²) in [7, 11) is 0. The normalized spacial score (nSPS) is 15.2. The van der Waals surface area contributed by atoms with Crippen LogP contribution in [0.15, 0.2) is 42.6 Å². The largest absolute Gasteiger partial charge is 0.388 e. The molecule has 1 aliphatic rings. The molecule has 0 saturated carbocycles. The lowest BCUT2D eigenvalue weighted by Gasteiger charge is -2.16. The van der Waals surface area contributed by atoms with Crippen LogP contribution in [0.4, 0.5) is 10.2 Å². The van der Waals surface area contributed by atoms with Crippen molar-refractivity contribution in [3.63, 3.8) is 0 Å². The quantitative estimate of drug-likeness (QED) is 0.846. The summed E-state index contributed by atoms with van der Waals surface area (Å²) in [4.78, 5) is 18.7. The Bertz CT molecular complexity index is 715. The Morgan fingerprint density at radius 2 is 2.08 bits per heavy atom. The molecule has 1 unspecified atom stereocenters. The number of anilines is 1. The maximum absolute atomic E-state index is 13.2. The molecular weight excluding hydrogens is 321 g/mol. The van der Waals surface area contributed by atoms with Crippen LogP contribution < -0.4 is 10.2 Å². The molecule has 2 heterocycles. The molecular formula is C19H22FN3O2. The highest BCUT2D eigenvalue weighted by Gasteiger charge is 2.15. The molecule has 1 aromatic heterocycles. The molecule has 132 valence electrons. The van der Waals surface area contributed by atoms with Crippen LogP contribution in [0.3, 0.4) is 0 Å². The zero-order valence-corrected chi connectivity index (χ0v) is 14.0. The van der Waals surface area contributed by atoms with Gasteiger partial charge in [0, 0.05) is 25.8 Å². The van der Waals surface area contributed by atoms with Gasteiger partial charge in [-0.1, -0.05) is 18.2 Å². The number of carbonyl (C=O) groups is 1. The Balaban J connectivity index is 1.48. The maximum atomic E-state index is 13.2. The molecule has 0 spiro atoms. The van der Waals surface area contributed by atoms with E-state index in [2.05, 4.69) is 15.2 Å². The third-order valence-corrected chi connectivity index (χ3v) is 4.34. The van der Waals surface area contributed by atoms with Gasteiger partial charge in [0.1, 0.15) is 11.6 Å². The van der Waals surface area contributed by atoms with Crippen molar-refractivity contribution in [1.82, 2.24) is 10.3 Å². The van der Waals surface area contributed by atoms with Gasteiger partial charge in [-0.05, 0) is 42.2 Å². The predicted octanol–water partition coefficient (Wildman–Crippen LogP) is 2.56. The average molecular weight is 343 g/mol. The van der Waals surface area contributed by atoms with Gasteiger partial charge in [0.25, 0.3) is 0 Å². The van der Waals surface area contributed by atoms with Crippen LogP contribution in [0.25, 0.3) is 0 Å². The summed E-state index contributed by atoms with van der Waals surface area (Å²) >= 11 is 0. The molecule has 1 atom stereocenters. The van der Waals surface area contributed by atoms with Crippen molar-refractivity contribution in [1.29, 1.82) is 0 Å². The summed E-state index contributed by atoms with van der Waals surface area (Å²) in [5.41, 5.74) is 1.29. The number of nitrogens with one attached hydrogen (secondary N) is 1. The third-order valence-electron chi connectivity index (χ3n) is 4.34. The summed E-state index contributed by atoms with van der Waals surface area (Å²) in [5.74, 6) is 0.246. The average Bonchev–Trinajstić information content (AvgIpc) is 3.15. The third kappa shape index (κ3) is 4.76. The Hall–Kier alpha value is -2.47. The number of aliphatic hydroxyl groups is 1. The number of hydrogen-bond donors (Lipinski definition) is 2. The van der Waals surface area contributed by atoms with Crippen molar-refractivity contribution in [2.45, 2.75) is 31.9 Å². The molecule has 1 saturated heterocycles. The number of aromatic nitrogens is 1. The molecule has 0 radical (unpaired) electrons. The van der Waals surface area contributed by atoms with Gasteiger partial charge in [0.15, 0.2) is 0 Å². The molecule has 25 heavy (non-hydrogen) atoms. The second-order valence-corrected chi connectivity index (χ2v) is 6.27. The molecule has 1 aromatic carbocycles. The molecule has 5 nitrogen and oxygen atoms in total. The monoisotopic (exact) mass is 343 g/mol. The summed E-state index contributed by atoms with van der Waals surface area (Å²) in [6, 6.07) is 9.56. The molecule has 1 amide bonds. The van der Waals surface area contributed by atoms with Crippen molar-refractivity contribution in [3.05, 3.63) is 59.5 Å². The Kier molecular flexibility index (Phi) is 5.60. The van der Waals surface area contributed by atoms with Gasteiger partial charge >= 0.3 is 0 Å². The maximum Gasteiger partial charge on any atom is 0.223 e. The summed E-state index contributed by atoms with van der Waals surface area (Å²) in [6.07, 6.45) is 3.03. The first-order valence-electron chi connectivity index (χ1n) is 8.52. The lowest BCUT2D eigenvalue weighted by molar-refractivity contribution is -0.123. The molecule has 2 N–H and O–H groups in total. The Labute approximate surface area is 146 Å². The van der Waals surface area contributed by atoms with E-state index < -0.39 is 11.9 Å². The van der Waals surface area contributed by atoms with Crippen LogP contribution in [0, 0.1) is 5.82 Å². The smallest absolute Gasteiger partial charge is 0.223 e. The van der Waals surface area contributed by atoms with Crippen molar-refractivity contribution in [2.24, 2.45) is 0 Å². The van der Waals surface area contributed by atoms with E-state index in [0.29, 0.717) is 12.1 Å². The van der Waals surface area contributed by atoms with Gasteiger partial charge < -0.3 is 15.3 Å². The lowest BCUT2D eigenvalue weighted by atomic mass is 10.1. The van der Waals surface area contributed by atoms with Crippen LogP contribution in [-0.2, 0) is 11.3 Å². The van der Waals surface area contributed by atoms with E-state index >= 15 is 0 Å². The van der Waals surface area contributed by atoms with Crippen molar-refractivity contribution >= 4 is 11.7 Å². The first kappa shape index (κ1) is 17.4. The number of pyridine rings is 1. The second kappa shape index (κ2) is 8.07. The Morgan fingerprint density at radius 3 is 2.76 bits per heavy atom. The number of nitrogens with zero attached hydrogens (tertiary/aromatic N) is 2. The number of aliphatic hydroxyl groups excluding tert-OH is 1. The Morgan fingerprint density at radius 1 is 1.28 bits per heavy atom. The van der Waals surface area contributed by atoms with Gasteiger partial charge in [-0.3, -0.25) is 4.79 Å².